The third-order valence-electron chi connectivity index (χ3n) is 4.88. The summed E-state index contributed by atoms with van der Waals surface area (Å²) in [6.07, 6.45) is -3.81. The zero-order valence-corrected chi connectivity index (χ0v) is 17.2. The fourth-order valence-electron chi connectivity index (χ4n) is 3.45. The van der Waals surface area contributed by atoms with E-state index in [4.69, 9.17) is 23.7 Å². The van der Waals surface area contributed by atoms with Crippen LogP contribution in [0.15, 0.2) is 60.7 Å². The first-order chi connectivity index (χ1) is 14.6. The molecular weight excluding hydrogens is 388 g/mol. The highest BCUT2D eigenvalue weighted by atomic mass is 16.7. The summed E-state index contributed by atoms with van der Waals surface area (Å²) in [5.74, 6) is -0.493. The molecule has 5 atom stereocenters. The normalized spacial score (nSPS) is 26.3. The van der Waals surface area contributed by atoms with Gasteiger partial charge >= 0.3 is 5.97 Å². The minimum Gasteiger partial charge on any atom is -0.457 e. The van der Waals surface area contributed by atoms with E-state index in [0.717, 1.165) is 11.1 Å². The van der Waals surface area contributed by atoms with Crippen LogP contribution in [0, 0.1) is 0 Å². The number of aliphatic hydroxyl groups is 1. The Balaban J connectivity index is 1.83. The number of ether oxygens (including phenoxy) is 5. The summed E-state index contributed by atoms with van der Waals surface area (Å²) < 4.78 is 29.1. The van der Waals surface area contributed by atoms with E-state index < -0.39 is 36.7 Å². The van der Waals surface area contributed by atoms with Crippen molar-refractivity contribution in [3.05, 3.63) is 71.8 Å². The predicted molar refractivity (Wildman–Crippen MR) is 108 cm³/mol. The van der Waals surface area contributed by atoms with Gasteiger partial charge in [-0.05, 0) is 11.1 Å². The molecule has 2 aromatic rings. The average Bonchev–Trinajstić information content (AvgIpc) is 2.77. The molecule has 162 valence electrons. The SMILES string of the molecule is CO[C@H]1OC(CO)[C@@H](OC(C)=O)C(OCc2ccccc2)C1OCc1ccccc1. The van der Waals surface area contributed by atoms with Crippen molar-refractivity contribution in [2.45, 2.75) is 50.8 Å². The number of methoxy groups -OCH3 is 1. The molecule has 3 rings (SSSR count). The number of carbonyl (C=O) groups excluding carboxylic acids is 1. The molecule has 2 aromatic carbocycles. The van der Waals surface area contributed by atoms with Crippen LogP contribution in [0.4, 0.5) is 0 Å². The van der Waals surface area contributed by atoms with E-state index in [1.807, 2.05) is 60.7 Å². The van der Waals surface area contributed by atoms with Gasteiger partial charge in [0, 0.05) is 14.0 Å². The zero-order chi connectivity index (χ0) is 21.3. The molecule has 0 spiro atoms. The molecule has 3 unspecified atom stereocenters. The van der Waals surface area contributed by atoms with E-state index in [1.165, 1.54) is 14.0 Å². The second-order valence-electron chi connectivity index (χ2n) is 7.06. The Kier molecular flexibility index (Phi) is 8.36. The van der Waals surface area contributed by atoms with Crippen molar-refractivity contribution in [1.82, 2.24) is 0 Å². The topological polar surface area (TPSA) is 83.5 Å². The van der Waals surface area contributed by atoms with Gasteiger partial charge < -0.3 is 28.8 Å². The Morgan fingerprint density at radius 1 is 0.900 bits per heavy atom. The van der Waals surface area contributed by atoms with Crippen LogP contribution < -0.4 is 0 Å². The number of rotatable bonds is 9. The molecule has 1 fully saturated rings. The number of aliphatic hydroxyl groups excluding tert-OH is 1. The van der Waals surface area contributed by atoms with Crippen LogP contribution in [0.5, 0.6) is 0 Å². The van der Waals surface area contributed by atoms with Crippen molar-refractivity contribution < 1.29 is 33.6 Å². The minimum absolute atomic E-state index is 0.281. The second kappa shape index (κ2) is 11.2. The van der Waals surface area contributed by atoms with Gasteiger partial charge in [0.25, 0.3) is 0 Å². The maximum absolute atomic E-state index is 11.7. The third kappa shape index (κ3) is 5.87. The Hall–Kier alpha value is -2.29. The van der Waals surface area contributed by atoms with Crippen LogP contribution in [-0.4, -0.2) is 55.5 Å². The predicted octanol–water partition coefficient (Wildman–Crippen LogP) is 2.45. The first kappa shape index (κ1) is 22.4. The quantitative estimate of drug-likeness (QED) is 0.629. The Bertz CT molecular complexity index is 768. The van der Waals surface area contributed by atoms with Crippen LogP contribution in [-0.2, 0) is 41.7 Å². The second-order valence-corrected chi connectivity index (χ2v) is 7.06. The smallest absolute Gasteiger partial charge is 0.303 e. The summed E-state index contributed by atoms with van der Waals surface area (Å²) in [5.41, 5.74) is 1.93. The summed E-state index contributed by atoms with van der Waals surface area (Å²) in [6.45, 7) is 1.54. The van der Waals surface area contributed by atoms with Gasteiger partial charge in [0.1, 0.15) is 18.3 Å². The van der Waals surface area contributed by atoms with Gasteiger partial charge in [-0.2, -0.15) is 0 Å². The summed E-state index contributed by atoms with van der Waals surface area (Å²) in [7, 11) is 1.50. The largest absolute Gasteiger partial charge is 0.457 e. The van der Waals surface area contributed by atoms with Gasteiger partial charge in [0.15, 0.2) is 12.4 Å². The molecule has 0 amide bonds. The van der Waals surface area contributed by atoms with Crippen molar-refractivity contribution in [2.75, 3.05) is 13.7 Å². The van der Waals surface area contributed by atoms with Crippen LogP contribution in [0.25, 0.3) is 0 Å². The highest BCUT2D eigenvalue weighted by Gasteiger charge is 2.49. The van der Waals surface area contributed by atoms with Crippen molar-refractivity contribution in [3.63, 3.8) is 0 Å². The van der Waals surface area contributed by atoms with E-state index >= 15 is 0 Å². The highest BCUT2D eigenvalue weighted by molar-refractivity contribution is 5.66. The monoisotopic (exact) mass is 416 g/mol. The van der Waals surface area contributed by atoms with Gasteiger partial charge in [0.2, 0.25) is 0 Å². The maximum atomic E-state index is 11.7. The van der Waals surface area contributed by atoms with E-state index in [0.29, 0.717) is 6.61 Å². The minimum atomic E-state index is -0.844. The van der Waals surface area contributed by atoms with Crippen LogP contribution >= 0.6 is 0 Å². The van der Waals surface area contributed by atoms with Crippen molar-refractivity contribution in [1.29, 1.82) is 0 Å². The van der Waals surface area contributed by atoms with Gasteiger partial charge in [-0.15, -0.1) is 0 Å². The summed E-state index contributed by atoms with van der Waals surface area (Å²) in [6, 6.07) is 19.3. The van der Waals surface area contributed by atoms with E-state index in [1.54, 1.807) is 0 Å². The Morgan fingerprint density at radius 3 is 1.90 bits per heavy atom. The summed E-state index contributed by atoms with van der Waals surface area (Å²) >= 11 is 0. The molecule has 0 saturated carbocycles. The highest BCUT2D eigenvalue weighted by Crippen LogP contribution is 2.30. The lowest BCUT2D eigenvalue weighted by molar-refractivity contribution is -0.315. The fraction of sp³-hybridized carbons (Fsp3) is 0.435. The number of hydrogen-bond acceptors (Lipinski definition) is 7. The Morgan fingerprint density at radius 2 is 1.43 bits per heavy atom. The molecule has 7 heteroatoms. The fourth-order valence-corrected chi connectivity index (χ4v) is 3.45. The molecule has 1 heterocycles. The lowest BCUT2D eigenvalue weighted by Crippen LogP contribution is -2.61. The standard InChI is InChI=1S/C23H28O7/c1-16(25)29-20-19(13-24)30-23(26-2)22(28-15-18-11-7-4-8-12-18)21(20)27-14-17-9-5-3-6-10-17/h3-12,19-24H,13-15H2,1-2H3/t19?,20-,21?,22?,23+/m1/s1. The average molecular weight is 416 g/mol. The first-order valence-corrected chi connectivity index (χ1v) is 9.89. The molecule has 0 bridgehead atoms. The number of benzene rings is 2. The third-order valence-corrected chi connectivity index (χ3v) is 4.88. The molecule has 1 aliphatic rings. The molecule has 1 aliphatic heterocycles. The molecule has 0 aliphatic carbocycles. The lowest BCUT2D eigenvalue weighted by atomic mass is 9.98. The molecule has 7 nitrogen and oxygen atoms in total. The maximum Gasteiger partial charge on any atom is 0.303 e. The van der Waals surface area contributed by atoms with Crippen molar-refractivity contribution in [2.24, 2.45) is 0 Å². The van der Waals surface area contributed by atoms with E-state index in [-0.39, 0.29) is 13.2 Å². The molecule has 0 aromatic heterocycles. The van der Waals surface area contributed by atoms with Gasteiger partial charge in [-0.25, -0.2) is 0 Å². The Labute approximate surface area is 176 Å². The van der Waals surface area contributed by atoms with E-state index in [2.05, 4.69) is 0 Å². The van der Waals surface area contributed by atoms with E-state index in [9.17, 15) is 9.90 Å². The molecule has 0 radical (unpaired) electrons. The molecule has 1 N–H and O–H groups in total. The zero-order valence-electron chi connectivity index (χ0n) is 17.2. The van der Waals surface area contributed by atoms with Crippen LogP contribution in [0.1, 0.15) is 18.1 Å². The van der Waals surface area contributed by atoms with Gasteiger partial charge in [-0.3, -0.25) is 4.79 Å². The first-order valence-electron chi connectivity index (χ1n) is 9.89. The number of carbonyl (C=O) groups is 1. The van der Waals surface area contributed by atoms with Crippen LogP contribution in [0.2, 0.25) is 0 Å². The van der Waals surface area contributed by atoms with Gasteiger partial charge in [0.05, 0.1) is 19.8 Å². The summed E-state index contributed by atoms with van der Waals surface area (Å²) in [5, 5.41) is 9.82. The number of hydrogen-bond donors (Lipinski definition) is 1. The lowest BCUT2D eigenvalue weighted by Gasteiger charge is -2.44. The van der Waals surface area contributed by atoms with Crippen molar-refractivity contribution in [3.8, 4) is 0 Å². The summed E-state index contributed by atoms with van der Waals surface area (Å²) in [4.78, 5) is 11.7. The molecular formula is C23H28O7. The van der Waals surface area contributed by atoms with Crippen molar-refractivity contribution >= 4 is 5.97 Å². The number of esters is 1. The molecule has 1 saturated heterocycles. The van der Waals surface area contributed by atoms with Gasteiger partial charge in [-0.1, -0.05) is 60.7 Å². The molecule has 30 heavy (non-hydrogen) atoms. The van der Waals surface area contributed by atoms with Crippen LogP contribution in [0.3, 0.4) is 0 Å².